The van der Waals surface area contributed by atoms with Crippen LogP contribution in [0.3, 0.4) is 0 Å². The van der Waals surface area contributed by atoms with Crippen molar-refractivity contribution in [3.05, 3.63) is 10.6 Å². The Morgan fingerprint density at radius 2 is 2.40 bits per heavy atom. The summed E-state index contributed by atoms with van der Waals surface area (Å²) < 4.78 is 3.75. The molecule has 1 rings (SSSR count). The molecule has 10 heavy (non-hydrogen) atoms. The maximum atomic E-state index is 5.07. The number of aromatic nitrogens is 2. The van der Waals surface area contributed by atoms with E-state index in [1.54, 1.807) is 0 Å². The van der Waals surface area contributed by atoms with E-state index < -0.39 is 0 Å². The van der Waals surface area contributed by atoms with Crippen LogP contribution in [0.15, 0.2) is 5.10 Å². The molecule has 1 aromatic rings. The van der Waals surface area contributed by atoms with E-state index in [4.69, 9.17) is 5.84 Å². The van der Waals surface area contributed by atoms with Crippen LogP contribution in [-0.2, 0) is 0 Å². The molecule has 0 spiro atoms. The minimum absolute atomic E-state index is 0.785. The van der Waals surface area contributed by atoms with E-state index in [0.29, 0.717) is 0 Å². The molecule has 5 heteroatoms. The number of aryl methyl sites for hydroxylation is 1. The average Bonchev–Trinajstić information content (AvgIpc) is 2.34. The van der Waals surface area contributed by atoms with Crippen molar-refractivity contribution in [2.45, 2.75) is 13.8 Å². The molecular formula is C5H8N4S. The van der Waals surface area contributed by atoms with Crippen molar-refractivity contribution in [1.29, 1.82) is 0 Å². The summed E-state index contributed by atoms with van der Waals surface area (Å²) in [6, 6.07) is 0. The summed E-state index contributed by atoms with van der Waals surface area (Å²) in [5.74, 6) is 5.07. The van der Waals surface area contributed by atoms with Gasteiger partial charge >= 0.3 is 0 Å². The van der Waals surface area contributed by atoms with Crippen LogP contribution in [0.25, 0.3) is 0 Å². The van der Waals surface area contributed by atoms with Crippen LogP contribution >= 0.6 is 11.5 Å². The highest BCUT2D eigenvalue weighted by Gasteiger charge is 2.04. The van der Waals surface area contributed by atoms with Crippen LogP contribution in [0.2, 0.25) is 0 Å². The molecule has 1 heterocycles. The molecule has 0 atom stereocenters. The minimum atomic E-state index is 0.785. The Morgan fingerprint density at radius 3 is 2.80 bits per heavy atom. The molecule has 0 saturated heterocycles. The van der Waals surface area contributed by atoms with Crippen LogP contribution in [0.4, 0.5) is 0 Å². The standard InChI is InChI=1S/C5H8N4S/c1-3(7-6)5-4(2)8-9-10-5/h6H2,1-2H3/b7-3+. The van der Waals surface area contributed by atoms with Gasteiger partial charge in [0.15, 0.2) is 0 Å². The van der Waals surface area contributed by atoms with Crippen molar-refractivity contribution in [2.75, 3.05) is 0 Å². The monoisotopic (exact) mass is 156 g/mol. The first-order valence-electron chi connectivity index (χ1n) is 2.79. The molecule has 1 aromatic heterocycles. The van der Waals surface area contributed by atoms with Gasteiger partial charge in [-0.2, -0.15) is 5.10 Å². The molecule has 2 N–H and O–H groups in total. The Bertz CT molecular complexity index is 252. The second kappa shape index (κ2) is 2.74. The van der Waals surface area contributed by atoms with Crippen molar-refractivity contribution in [1.82, 2.24) is 9.59 Å². The molecule has 0 aliphatic carbocycles. The van der Waals surface area contributed by atoms with Gasteiger partial charge in [-0.1, -0.05) is 4.49 Å². The van der Waals surface area contributed by atoms with Crippen molar-refractivity contribution in [2.24, 2.45) is 10.9 Å². The lowest BCUT2D eigenvalue weighted by Crippen LogP contribution is -1.97. The zero-order chi connectivity index (χ0) is 7.56. The number of nitrogens with zero attached hydrogens (tertiary/aromatic N) is 3. The van der Waals surface area contributed by atoms with Gasteiger partial charge < -0.3 is 5.84 Å². The third-order valence-corrected chi connectivity index (χ3v) is 2.11. The van der Waals surface area contributed by atoms with E-state index in [1.165, 1.54) is 11.5 Å². The predicted molar refractivity (Wildman–Crippen MR) is 41.0 cm³/mol. The summed E-state index contributed by atoms with van der Waals surface area (Å²) in [6.07, 6.45) is 0. The fraction of sp³-hybridized carbons (Fsp3) is 0.400. The van der Waals surface area contributed by atoms with Crippen molar-refractivity contribution >= 4 is 17.2 Å². The van der Waals surface area contributed by atoms with Gasteiger partial charge in [0.05, 0.1) is 16.3 Å². The quantitative estimate of drug-likeness (QED) is 0.366. The molecule has 0 amide bonds. The molecule has 4 nitrogen and oxygen atoms in total. The van der Waals surface area contributed by atoms with E-state index in [2.05, 4.69) is 14.7 Å². The first-order valence-corrected chi connectivity index (χ1v) is 3.57. The molecule has 54 valence electrons. The van der Waals surface area contributed by atoms with Gasteiger partial charge in [0.25, 0.3) is 0 Å². The van der Waals surface area contributed by atoms with E-state index in [1.807, 2.05) is 13.8 Å². The van der Waals surface area contributed by atoms with Gasteiger partial charge in [-0.15, -0.1) is 5.10 Å². The lowest BCUT2D eigenvalue weighted by molar-refractivity contribution is 1.08. The van der Waals surface area contributed by atoms with E-state index >= 15 is 0 Å². The van der Waals surface area contributed by atoms with E-state index in [0.717, 1.165) is 16.3 Å². The third-order valence-electron chi connectivity index (χ3n) is 1.17. The maximum absolute atomic E-state index is 5.07. The molecule has 0 aliphatic heterocycles. The summed E-state index contributed by atoms with van der Waals surface area (Å²) in [5.41, 5.74) is 1.67. The second-order valence-electron chi connectivity index (χ2n) is 1.90. The van der Waals surface area contributed by atoms with Gasteiger partial charge in [-0.25, -0.2) is 0 Å². The normalized spacial score (nSPS) is 12.0. The summed E-state index contributed by atoms with van der Waals surface area (Å²) in [5, 5.41) is 7.36. The third kappa shape index (κ3) is 1.13. The van der Waals surface area contributed by atoms with Crippen molar-refractivity contribution < 1.29 is 0 Å². The fourth-order valence-corrected chi connectivity index (χ4v) is 1.22. The zero-order valence-electron chi connectivity index (χ0n) is 5.83. The molecular weight excluding hydrogens is 148 g/mol. The van der Waals surface area contributed by atoms with Crippen molar-refractivity contribution in [3.8, 4) is 0 Å². The average molecular weight is 156 g/mol. The van der Waals surface area contributed by atoms with Gasteiger partial charge in [0.2, 0.25) is 0 Å². The SMILES string of the molecule is C/C(=N\N)c1snnc1C. The van der Waals surface area contributed by atoms with Crippen molar-refractivity contribution in [3.63, 3.8) is 0 Å². The fourth-order valence-electron chi connectivity index (χ4n) is 0.620. The first-order chi connectivity index (χ1) is 4.75. The van der Waals surface area contributed by atoms with Gasteiger partial charge in [-0.05, 0) is 25.4 Å². The lowest BCUT2D eigenvalue weighted by atomic mass is 10.3. The molecule has 0 aromatic carbocycles. The molecule has 0 aliphatic rings. The van der Waals surface area contributed by atoms with Crippen LogP contribution in [0.1, 0.15) is 17.5 Å². The van der Waals surface area contributed by atoms with Crippen LogP contribution in [0.5, 0.6) is 0 Å². The summed E-state index contributed by atoms with van der Waals surface area (Å²) in [4.78, 5) is 0.961. The largest absolute Gasteiger partial charge is 0.323 e. The van der Waals surface area contributed by atoms with Crippen LogP contribution in [-0.4, -0.2) is 15.3 Å². The molecule has 0 saturated carbocycles. The lowest BCUT2D eigenvalue weighted by Gasteiger charge is -1.90. The minimum Gasteiger partial charge on any atom is -0.323 e. The zero-order valence-corrected chi connectivity index (χ0v) is 6.64. The van der Waals surface area contributed by atoms with Gasteiger partial charge in [0.1, 0.15) is 0 Å². The number of nitrogens with two attached hydrogens (primary N) is 1. The topological polar surface area (TPSA) is 64.2 Å². The Balaban J connectivity index is 3.05. The summed E-state index contributed by atoms with van der Waals surface area (Å²) in [6.45, 7) is 3.72. The van der Waals surface area contributed by atoms with Gasteiger partial charge in [-0.3, -0.25) is 0 Å². The molecule has 0 unspecified atom stereocenters. The molecule has 0 radical (unpaired) electrons. The van der Waals surface area contributed by atoms with Crippen LogP contribution < -0.4 is 5.84 Å². The van der Waals surface area contributed by atoms with E-state index in [9.17, 15) is 0 Å². The maximum Gasteiger partial charge on any atom is 0.0940 e. The van der Waals surface area contributed by atoms with Gasteiger partial charge in [0, 0.05) is 0 Å². The summed E-state index contributed by atoms with van der Waals surface area (Å²) >= 11 is 1.31. The van der Waals surface area contributed by atoms with Crippen LogP contribution in [0, 0.1) is 6.92 Å². The Kier molecular flexibility index (Phi) is 1.96. The smallest absolute Gasteiger partial charge is 0.0940 e. The highest BCUT2D eigenvalue weighted by atomic mass is 32.1. The Morgan fingerprint density at radius 1 is 1.70 bits per heavy atom. The predicted octanol–water partition coefficient (Wildman–Crippen LogP) is 0.529. The number of hydrogen-bond donors (Lipinski definition) is 1. The second-order valence-corrected chi connectivity index (χ2v) is 2.66. The first kappa shape index (κ1) is 7.14. The molecule has 0 bridgehead atoms. The number of hydrogen-bond acceptors (Lipinski definition) is 5. The number of rotatable bonds is 1. The van der Waals surface area contributed by atoms with E-state index in [-0.39, 0.29) is 0 Å². The summed E-state index contributed by atoms with van der Waals surface area (Å²) in [7, 11) is 0. The Hall–Kier alpha value is -0.970. The number of hydrazone groups is 1. The molecule has 0 fully saturated rings. The Labute approximate surface area is 62.9 Å². The highest BCUT2D eigenvalue weighted by Crippen LogP contribution is 2.09. The highest BCUT2D eigenvalue weighted by molar-refractivity contribution is 7.08.